The summed E-state index contributed by atoms with van der Waals surface area (Å²) >= 11 is 0. The van der Waals surface area contributed by atoms with Crippen LogP contribution in [0.5, 0.6) is 0 Å². The molecule has 0 amide bonds. The number of aryl methyl sites for hydroxylation is 1. The zero-order chi connectivity index (χ0) is 13.0. The number of rotatable bonds is 2. The average Bonchev–Trinajstić information content (AvgIpc) is 2.65. The highest BCUT2D eigenvalue weighted by molar-refractivity contribution is 5.64. The van der Waals surface area contributed by atoms with Gasteiger partial charge in [0.05, 0.1) is 0 Å². The third-order valence-corrected chi connectivity index (χ3v) is 1.70. The molecule has 1 aromatic heterocycles. The van der Waals surface area contributed by atoms with Crippen molar-refractivity contribution >= 4 is 12.2 Å². The van der Waals surface area contributed by atoms with Crippen molar-refractivity contribution in [3.63, 3.8) is 0 Å². The highest BCUT2D eigenvalue weighted by Crippen LogP contribution is 2.15. The largest absolute Gasteiger partial charge is 0.361 e. The molecule has 0 atom stereocenters. The molecule has 0 saturated heterocycles. The molecule has 0 aliphatic rings. The van der Waals surface area contributed by atoms with E-state index in [2.05, 4.69) is 38.4 Å². The second-order valence-electron chi connectivity index (χ2n) is 3.21. The van der Waals surface area contributed by atoms with E-state index >= 15 is 0 Å². The first-order chi connectivity index (χ1) is 7.71. The zero-order valence-corrected chi connectivity index (χ0v) is 11.7. The normalized spacial score (nSPS) is 8.88. The number of allylic oxidation sites excluding steroid dienone is 1. The van der Waals surface area contributed by atoms with E-state index < -0.39 is 0 Å². The summed E-state index contributed by atoms with van der Waals surface area (Å²) in [6.45, 7) is 16.1. The Morgan fingerprint density at radius 3 is 2.19 bits per heavy atom. The Labute approximate surface area is 101 Å². The van der Waals surface area contributed by atoms with Crippen LogP contribution in [0.4, 0.5) is 0 Å². The predicted molar refractivity (Wildman–Crippen MR) is 77.6 cm³/mol. The van der Waals surface area contributed by atoms with Crippen LogP contribution in [0.25, 0.3) is 12.2 Å². The second-order valence-corrected chi connectivity index (χ2v) is 3.21. The van der Waals surface area contributed by atoms with Crippen LogP contribution < -0.4 is 0 Å². The van der Waals surface area contributed by atoms with Crippen LogP contribution in [-0.2, 0) is 0 Å². The van der Waals surface area contributed by atoms with Gasteiger partial charge in [-0.15, -0.1) is 0 Å². The van der Waals surface area contributed by atoms with Gasteiger partial charge in [-0.25, -0.2) is 0 Å². The van der Waals surface area contributed by atoms with E-state index in [1.807, 2.05) is 39.1 Å². The van der Waals surface area contributed by atoms with Gasteiger partial charge in [0.2, 0.25) is 0 Å². The van der Waals surface area contributed by atoms with E-state index in [9.17, 15) is 0 Å². The Bertz CT molecular complexity index is 292. The van der Waals surface area contributed by atoms with E-state index in [1.54, 1.807) is 0 Å². The molecule has 0 unspecified atom stereocenters. The van der Waals surface area contributed by atoms with Gasteiger partial charge in [0, 0.05) is 17.5 Å². The van der Waals surface area contributed by atoms with Gasteiger partial charge in [-0.1, -0.05) is 52.8 Å². The fraction of sp³-hybridized carbons (Fsp3) is 0.467. The first-order valence-corrected chi connectivity index (χ1v) is 6.14. The van der Waals surface area contributed by atoms with E-state index in [4.69, 9.17) is 0 Å². The van der Waals surface area contributed by atoms with Crippen LogP contribution in [0.1, 0.15) is 57.9 Å². The third-order valence-electron chi connectivity index (χ3n) is 1.70. The molecule has 1 rings (SSSR count). The average molecular weight is 221 g/mol. The van der Waals surface area contributed by atoms with Crippen molar-refractivity contribution in [2.24, 2.45) is 0 Å². The maximum atomic E-state index is 3.72. The van der Waals surface area contributed by atoms with Gasteiger partial charge in [-0.3, -0.25) is 0 Å². The second kappa shape index (κ2) is 11.8. The molecule has 0 fully saturated rings. The number of H-pyrrole nitrogens is 1. The summed E-state index contributed by atoms with van der Waals surface area (Å²) in [5, 5.41) is 0. The van der Waals surface area contributed by atoms with Crippen molar-refractivity contribution in [1.82, 2.24) is 4.98 Å². The molecule has 1 N–H and O–H groups in total. The van der Waals surface area contributed by atoms with Crippen LogP contribution >= 0.6 is 0 Å². The van der Waals surface area contributed by atoms with Crippen molar-refractivity contribution in [1.29, 1.82) is 0 Å². The minimum atomic E-state index is 1.10. The highest BCUT2D eigenvalue weighted by Gasteiger charge is 1.99. The predicted octanol–water partition coefficient (Wildman–Crippen LogP) is 5.44. The molecule has 0 aromatic carbocycles. The first kappa shape index (κ1) is 17.2. The van der Waals surface area contributed by atoms with Gasteiger partial charge in [-0.05, 0) is 25.5 Å². The van der Waals surface area contributed by atoms with Gasteiger partial charge in [0.15, 0.2) is 0 Å². The van der Waals surface area contributed by atoms with Crippen LogP contribution in [0, 0.1) is 6.92 Å². The van der Waals surface area contributed by atoms with Crippen molar-refractivity contribution in [3.8, 4) is 0 Å². The highest BCUT2D eigenvalue weighted by atomic mass is 14.7. The number of hydrogen-bond donors (Lipinski definition) is 1. The molecule has 1 heterocycles. The van der Waals surface area contributed by atoms with E-state index in [-0.39, 0.29) is 0 Å². The quantitative estimate of drug-likeness (QED) is 0.684. The topological polar surface area (TPSA) is 15.8 Å². The molecule has 16 heavy (non-hydrogen) atoms. The minimum absolute atomic E-state index is 1.10. The lowest BCUT2D eigenvalue weighted by atomic mass is 10.1. The molecule has 92 valence electrons. The smallest absolute Gasteiger partial charge is 0.0450 e. The summed E-state index contributed by atoms with van der Waals surface area (Å²) in [6.07, 6.45) is 9.20. The lowest BCUT2D eigenvalue weighted by Crippen LogP contribution is -1.75. The SMILES string of the molecule is C=Cc1[nH]cc(C)c1/C=C\C.CC.CCC. The summed E-state index contributed by atoms with van der Waals surface area (Å²) < 4.78 is 0. The summed E-state index contributed by atoms with van der Waals surface area (Å²) in [5.74, 6) is 0. The summed E-state index contributed by atoms with van der Waals surface area (Å²) in [4.78, 5) is 3.14. The van der Waals surface area contributed by atoms with Gasteiger partial charge in [0.25, 0.3) is 0 Å². The van der Waals surface area contributed by atoms with Crippen LogP contribution in [-0.4, -0.2) is 4.98 Å². The van der Waals surface area contributed by atoms with E-state index in [0.29, 0.717) is 0 Å². The van der Waals surface area contributed by atoms with Gasteiger partial charge < -0.3 is 4.98 Å². The molecule has 0 bridgehead atoms. The zero-order valence-electron chi connectivity index (χ0n) is 11.7. The standard InChI is InChI=1S/C10H13N.C3H8.C2H6/c1-4-6-9-8(3)7-11-10(9)5-2;1-3-2;1-2/h4-7,11H,2H2,1,3H3;3H2,1-2H3;1-2H3/b6-4-;;. The summed E-state index contributed by atoms with van der Waals surface area (Å²) in [7, 11) is 0. The molecule has 1 aromatic rings. The number of nitrogens with one attached hydrogen (secondary N) is 1. The fourth-order valence-electron chi connectivity index (χ4n) is 1.11. The number of hydrogen-bond acceptors (Lipinski definition) is 0. The lowest BCUT2D eigenvalue weighted by molar-refractivity contribution is 1.09. The van der Waals surface area contributed by atoms with Crippen molar-refractivity contribution in [3.05, 3.63) is 35.7 Å². The first-order valence-electron chi connectivity index (χ1n) is 6.14. The Morgan fingerprint density at radius 1 is 1.31 bits per heavy atom. The van der Waals surface area contributed by atoms with Crippen LogP contribution in [0.15, 0.2) is 18.9 Å². The van der Waals surface area contributed by atoms with E-state index in [1.165, 1.54) is 17.5 Å². The Morgan fingerprint density at radius 2 is 1.81 bits per heavy atom. The summed E-state index contributed by atoms with van der Waals surface area (Å²) in [6, 6.07) is 0. The molecule has 0 aliphatic heterocycles. The Balaban J connectivity index is 0. The molecule has 1 heteroatoms. The van der Waals surface area contributed by atoms with Gasteiger partial charge in [0.1, 0.15) is 0 Å². The maximum Gasteiger partial charge on any atom is 0.0450 e. The van der Waals surface area contributed by atoms with Gasteiger partial charge >= 0.3 is 0 Å². The lowest BCUT2D eigenvalue weighted by Gasteiger charge is -1.92. The molecule has 1 nitrogen and oxygen atoms in total. The number of aromatic nitrogens is 1. The molecular formula is C15H27N. The van der Waals surface area contributed by atoms with Crippen molar-refractivity contribution < 1.29 is 0 Å². The Hall–Kier alpha value is -1.24. The molecule has 0 saturated carbocycles. The van der Waals surface area contributed by atoms with Crippen molar-refractivity contribution in [2.75, 3.05) is 0 Å². The fourth-order valence-corrected chi connectivity index (χ4v) is 1.11. The monoisotopic (exact) mass is 221 g/mol. The van der Waals surface area contributed by atoms with Crippen molar-refractivity contribution in [2.45, 2.75) is 48.0 Å². The van der Waals surface area contributed by atoms with Crippen LogP contribution in [0.3, 0.4) is 0 Å². The molecule has 0 aliphatic carbocycles. The summed E-state index contributed by atoms with van der Waals surface area (Å²) in [5.41, 5.74) is 3.60. The third kappa shape index (κ3) is 6.28. The Kier molecular flexibility index (Phi) is 12.7. The van der Waals surface area contributed by atoms with Crippen LogP contribution in [0.2, 0.25) is 0 Å². The molecular weight excluding hydrogens is 194 g/mol. The molecule has 0 spiro atoms. The number of aromatic amines is 1. The van der Waals surface area contributed by atoms with E-state index in [0.717, 1.165) is 5.69 Å². The van der Waals surface area contributed by atoms with Gasteiger partial charge in [-0.2, -0.15) is 0 Å². The maximum absolute atomic E-state index is 3.72. The molecule has 0 radical (unpaired) electrons. The minimum Gasteiger partial charge on any atom is -0.361 e.